The first-order valence-electron chi connectivity index (χ1n) is 19.4. The predicted octanol–water partition coefficient (Wildman–Crippen LogP) is 11.3. The molecule has 0 aromatic heterocycles. The molecule has 0 radical (unpaired) electrons. The molecule has 4 nitrogen and oxygen atoms in total. The summed E-state index contributed by atoms with van der Waals surface area (Å²) in [6.07, 6.45) is 25.2. The van der Waals surface area contributed by atoms with Crippen molar-refractivity contribution in [2.24, 2.45) is 0 Å². The average molecular weight is 656 g/mol. The molecule has 264 valence electrons. The van der Waals surface area contributed by atoms with Crippen LogP contribution in [0, 0.1) is 0 Å². The zero-order chi connectivity index (χ0) is 34.0. The van der Waals surface area contributed by atoms with Gasteiger partial charge in [-0.25, -0.2) is 0 Å². The van der Waals surface area contributed by atoms with Gasteiger partial charge in [-0.2, -0.15) is 0 Å². The molecule has 3 aromatic rings. The maximum atomic E-state index is 12.5. The summed E-state index contributed by atoms with van der Waals surface area (Å²) in [7, 11) is 0. The molecule has 0 fully saturated rings. The van der Waals surface area contributed by atoms with Crippen molar-refractivity contribution in [2.45, 2.75) is 147 Å². The lowest BCUT2D eigenvalue weighted by molar-refractivity contribution is -0.122. The van der Waals surface area contributed by atoms with E-state index in [1.807, 2.05) is 54.6 Å². The van der Waals surface area contributed by atoms with Gasteiger partial charge in [0.15, 0.2) is 0 Å². The SMILES string of the molecule is CCCCCCCCCCCCCCCCCCCCCC(=O)NCC(O)COC(c1ccccc1)(c1ccccc1)c1ccccc1. The summed E-state index contributed by atoms with van der Waals surface area (Å²) in [5.41, 5.74) is 2.08. The second kappa shape index (κ2) is 25.1. The molecule has 3 rings (SSSR count). The Morgan fingerprint density at radius 1 is 0.562 bits per heavy atom. The smallest absolute Gasteiger partial charge is 0.220 e. The number of nitrogens with one attached hydrogen (secondary N) is 1. The van der Waals surface area contributed by atoms with Crippen molar-refractivity contribution in [1.29, 1.82) is 0 Å². The summed E-state index contributed by atoms with van der Waals surface area (Å²) in [5, 5.41) is 13.8. The van der Waals surface area contributed by atoms with Crippen molar-refractivity contribution in [2.75, 3.05) is 13.2 Å². The fourth-order valence-corrected chi connectivity index (χ4v) is 6.73. The lowest BCUT2D eigenvalue weighted by Crippen LogP contribution is -2.39. The fraction of sp³-hybridized carbons (Fsp3) is 0.568. The topological polar surface area (TPSA) is 58.6 Å². The third-order valence-corrected chi connectivity index (χ3v) is 9.58. The van der Waals surface area contributed by atoms with Gasteiger partial charge in [-0.1, -0.05) is 213 Å². The van der Waals surface area contributed by atoms with Crippen molar-refractivity contribution in [1.82, 2.24) is 5.32 Å². The minimum Gasteiger partial charge on any atom is -0.389 e. The first-order chi connectivity index (χ1) is 23.7. The Kier molecular flexibility index (Phi) is 20.6. The number of aliphatic hydroxyl groups is 1. The number of aliphatic hydroxyl groups excluding tert-OH is 1. The van der Waals surface area contributed by atoms with E-state index in [0.29, 0.717) is 6.42 Å². The van der Waals surface area contributed by atoms with Crippen LogP contribution in [0.3, 0.4) is 0 Å². The van der Waals surface area contributed by atoms with Crippen molar-refractivity contribution < 1.29 is 14.6 Å². The Labute approximate surface area is 293 Å². The highest BCUT2D eigenvalue weighted by molar-refractivity contribution is 5.75. The normalized spacial score (nSPS) is 12.2. The average Bonchev–Trinajstić information content (AvgIpc) is 3.13. The van der Waals surface area contributed by atoms with Crippen LogP contribution in [-0.4, -0.2) is 30.3 Å². The highest BCUT2D eigenvalue weighted by atomic mass is 16.5. The lowest BCUT2D eigenvalue weighted by atomic mass is 9.80. The maximum Gasteiger partial charge on any atom is 0.220 e. The van der Waals surface area contributed by atoms with Gasteiger partial charge in [0.1, 0.15) is 5.60 Å². The van der Waals surface area contributed by atoms with Gasteiger partial charge in [-0.05, 0) is 23.1 Å². The number of hydrogen-bond donors (Lipinski definition) is 2. The molecule has 0 saturated carbocycles. The van der Waals surface area contributed by atoms with Gasteiger partial charge in [-0.15, -0.1) is 0 Å². The Bertz CT molecular complexity index is 1090. The zero-order valence-corrected chi connectivity index (χ0v) is 30.1. The first kappa shape index (κ1) is 39.5. The molecule has 0 heterocycles. The molecule has 0 aliphatic heterocycles. The minimum atomic E-state index is -0.887. The standard InChI is InChI=1S/C44H65NO3/c1-2-3-4-5-6-7-8-9-10-11-12-13-14-15-16-17-18-19-29-36-43(47)45-37-42(46)38-48-44(39-30-23-20-24-31-39,40-32-25-21-26-33-40)41-34-27-22-28-35-41/h20-28,30-35,42,46H,2-19,29,36-38H2,1H3,(H,45,47). The summed E-state index contributed by atoms with van der Waals surface area (Å²) < 4.78 is 6.68. The van der Waals surface area contributed by atoms with E-state index < -0.39 is 11.7 Å². The van der Waals surface area contributed by atoms with Crippen LogP contribution in [-0.2, 0) is 15.1 Å². The third-order valence-electron chi connectivity index (χ3n) is 9.58. The maximum absolute atomic E-state index is 12.5. The lowest BCUT2D eigenvalue weighted by Gasteiger charge is -2.36. The fourth-order valence-electron chi connectivity index (χ4n) is 6.73. The van der Waals surface area contributed by atoms with Gasteiger partial charge < -0.3 is 15.2 Å². The summed E-state index contributed by atoms with van der Waals surface area (Å²) in [6.45, 7) is 2.54. The Balaban J connectivity index is 1.25. The number of carbonyl (C=O) groups is 1. The number of hydrogen-bond acceptors (Lipinski definition) is 3. The van der Waals surface area contributed by atoms with E-state index in [1.165, 1.54) is 109 Å². The second-order valence-electron chi connectivity index (χ2n) is 13.7. The van der Waals surface area contributed by atoms with Gasteiger partial charge in [0, 0.05) is 13.0 Å². The van der Waals surface area contributed by atoms with Crippen LogP contribution in [0.15, 0.2) is 91.0 Å². The summed E-state index contributed by atoms with van der Waals surface area (Å²) in [4.78, 5) is 12.5. The molecule has 3 aromatic carbocycles. The number of ether oxygens (including phenoxy) is 1. The molecule has 2 N–H and O–H groups in total. The monoisotopic (exact) mass is 655 g/mol. The van der Waals surface area contributed by atoms with E-state index in [1.54, 1.807) is 0 Å². The van der Waals surface area contributed by atoms with Crippen LogP contribution >= 0.6 is 0 Å². The van der Waals surface area contributed by atoms with Crippen LogP contribution in [0.4, 0.5) is 0 Å². The highest BCUT2D eigenvalue weighted by Crippen LogP contribution is 2.40. The van der Waals surface area contributed by atoms with Gasteiger partial charge in [0.05, 0.1) is 12.7 Å². The van der Waals surface area contributed by atoms with Crippen molar-refractivity contribution in [3.63, 3.8) is 0 Å². The largest absolute Gasteiger partial charge is 0.389 e. The van der Waals surface area contributed by atoms with E-state index in [9.17, 15) is 9.90 Å². The second-order valence-corrected chi connectivity index (χ2v) is 13.7. The van der Waals surface area contributed by atoms with Gasteiger partial charge in [0.25, 0.3) is 0 Å². The van der Waals surface area contributed by atoms with E-state index in [0.717, 1.165) is 29.5 Å². The predicted molar refractivity (Wildman–Crippen MR) is 202 cm³/mol. The minimum absolute atomic E-state index is 0.00136. The molecule has 1 unspecified atom stereocenters. The molecule has 1 amide bonds. The Morgan fingerprint density at radius 2 is 0.896 bits per heavy atom. The number of benzene rings is 3. The van der Waals surface area contributed by atoms with Crippen molar-refractivity contribution >= 4 is 5.91 Å². The number of rotatable bonds is 28. The van der Waals surface area contributed by atoms with Crippen LogP contribution in [0.5, 0.6) is 0 Å². The number of amides is 1. The van der Waals surface area contributed by atoms with E-state index in [4.69, 9.17) is 4.74 Å². The van der Waals surface area contributed by atoms with E-state index in [2.05, 4.69) is 48.6 Å². The molecule has 0 saturated heterocycles. The molecule has 0 aliphatic carbocycles. The summed E-state index contributed by atoms with van der Waals surface area (Å²) in [6, 6.07) is 30.4. The summed E-state index contributed by atoms with van der Waals surface area (Å²) in [5.74, 6) is 0.00136. The van der Waals surface area contributed by atoms with E-state index in [-0.39, 0.29) is 19.1 Å². The molecule has 0 bridgehead atoms. The molecule has 1 atom stereocenters. The molecular formula is C44H65NO3. The van der Waals surface area contributed by atoms with E-state index >= 15 is 0 Å². The third kappa shape index (κ3) is 15.1. The molecule has 0 spiro atoms. The van der Waals surface area contributed by atoms with Crippen LogP contribution in [0.2, 0.25) is 0 Å². The molecule has 0 aliphatic rings. The van der Waals surface area contributed by atoms with Crippen molar-refractivity contribution in [3.8, 4) is 0 Å². The molecule has 48 heavy (non-hydrogen) atoms. The van der Waals surface area contributed by atoms with Crippen LogP contribution in [0.25, 0.3) is 0 Å². The Hall–Kier alpha value is -2.95. The number of carbonyl (C=O) groups excluding carboxylic acids is 1. The first-order valence-corrected chi connectivity index (χ1v) is 19.4. The van der Waals surface area contributed by atoms with Gasteiger partial charge >= 0.3 is 0 Å². The zero-order valence-electron chi connectivity index (χ0n) is 30.1. The van der Waals surface area contributed by atoms with Crippen molar-refractivity contribution in [3.05, 3.63) is 108 Å². The molecular weight excluding hydrogens is 590 g/mol. The highest BCUT2D eigenvalue weighted by Gasteiger charge is 2.38. The molecule has 4 heteroatoms. The van der Waals surface area contributed by atoms with Crippen LogP contribution in [0.1, 0.15) is 152 Å². The van der Waals surface area contributed by atoms with Gasteiger partial charge in [-0.3, -0.25) is 4.79 Å². The summed E-state index contributed by atoms with van der Waals surface area (Å²) >= 11 is 0. The van der Waals surface area contributed by atoms with Gasteiger partial charge in [0.2, 0.25) is 5.91 Å². The quantitative estimate of drug-likeness (QED) is 0.0604. The number of unbranched alkanes of at least 4 members (excludes halogenated alkanes) is 18. The Morgan fingerprint density at radius 3 is 1.25 bits per heavy atom. The van der Waals surface area contributed by atoms with Crippen LogP contribution < -0.4 is 5.32 Å².